The molecule has 0 heterocycles. The molecule has 1 nitrogen and oxygen atoms in total. The van der Waals surface area contributed by atoms with Gasteiger partial charge in [0.25, 0.3) is 0 Å². The predicted molar refractivity (Wildman–Crippen MR) is 59.6 cm³/mol. The van der Waals surface area contributed by atoms with E-state index in [1.807, 2.05) is 37.3 Å². The molecule has 1 rings (SSSR count). The maximum Gasteiger partial charge on any atom is 0.0266 e. The van der Waals surface area contributed by atoms with Gasteiger partial charge in [-0.25, -0.2) is 0 Å². The van der Waals surface area contributed by atoms with Gasteiger partial charge in [0.05, 0.1) is 0 Å². The maximum absolute atomic E-state index is 5.61. The Bertz CT molecular complexity index is 190. The summed E-state index contributed by atoms with van der Waals surface area (Å²) in [5.74, 6) is 0. The molecular formula is C12H21N. The van der Waals surface area contributed by atoms with Gasteiger partial charge >= 0.3 is 0 Å². The lowest BCUT2D eigenvalue weighted by molar-refractivity contribution is 0.818. The van der Waals surface area contributed by atoms with Crippen molar-refractivity contribution in [1.82, 2.24) is 0 Å². The Kier molecular flexibility index (Phi) is 7.32. The number of unbranched alkanes of at least 4 members (excludes halogenated alkanes) is 1. The van der Waals surface area contributed by atoms with E-state index in [2.05, 4.69) is 13.8 Å². The fourth-order valence-corrected chi connectivity index (χ4v) is 0.757. The number of benzene rings is 1. The van der Waals surface area contributed by atoms with Gasteiger partial charge in [0.2, 0.25) is 0 Å². The molecule has 1 aromatic rings. The summed E-state index contributed by atoms with van der Waals surface area (Å²) < 4.78 is 0. The molecule has 0 aliphatic rings. The van der Waals surface area contributed by atoms with Crippen LogP contribution >= 0.6 is 0 Å². The Morgan fingerprint density at radius 3 is 1.77 bits per heavy atom. The Morgan fingerprint density at radius 2 is 1.54 bits per heavy atom. The van der Waals surface area contributed by atoms with E-state index in [9.17, 15) is 0 Å². The van der Waals surface area contributed by atoms with E-state index in [1.165, 1.54) is 18.4 Å². The molecule has 0 amide bonds. The molecule has 1 unspecified atom stereocenters. The molecule has 0 saturated carbocycles. The van der Waals surface area contributed by atoms with E-state index < -0.39 is 0 Å². The molecule has 13 heavy (non-hydrogen) atoms. The minimum absolute atomic E-state index is 0.159. The normalized spacial score (nSPS) is 11.4. The van der Waals surface area contributed by atoms with E-state index in [0.717, 1.165) is 0 Å². The molecule has 0 saturated heterocycles. The Hall–Kier alpha value is -0.820. The van der Waals surface area contributed by atoms with Gasteiger partial charge in [0, 0.05) is 6.04 Å². The zero-order valence-corrected chi connectivity index (χ0v) is 8.96. The Labute approximate surface area is 82.0 Å². The highest BCUT2D eigenvalue weighted by molar-refractivity contribution is 5.17. The average molecular weight is 179 g/mol. The van der Waals surface area contributed by atoms with Crippen LogP contribution in [0.2, 0.25) is 0 Å². The molecule has 1 heteroatoms. The summed E-state index contributed by atoms with van der Waals surface area (Å²) in [7, 11) is 0. The molecule has 0 bridgehead atoms. The second-order valence-electron chi connectivity index (χ2n) is 3.20. The first-order valence-corrected chi connectivity index (χ1v) is 5.02. The third-order valence-electron chi connectivity index (χ3n) is 1.83. The van der Waals surface area contributed by atoms with Gasteiger partial charge in [-0.15, -0.1) is 0 Å². The molecule has 2 N–H and O–H groups in total. The Balaban J connectivity index is 0.000000310. The molecule has 0 radical (unpaired) electrons. The SMILES string of the molecule is CC(N)c1ccccc1.CCCC. The average Bonchev–Trinajstić information content (AvgIpc) is 2.19. The molecule has 1 aromatic carbocycles. The lowest BCUT2D eigenvalue weighted by Crippen LogP contribution is -2.03. The first kappa shape index (κ1) is 12.2. The van der Waals surface area contributed by atoms with Gasteiger partial charge < -0.3 is 5.73 Å². The van der Waals surface area contributed by atoms with Crippen molar-refractivity contribution in [2.75, 3.05) is 0 Å². The van der Waals surface area contributed by atoms with Crippen LogP contribution in [0.5, 0.6) is 0 Å². The number of nitrogens with two attached hydrogens (primary N) is 1. The lowest BCUT2D eigenvalue weighted by Gasteiger charge is -2.02. The monoisotopic (exact) mass is 179 g/mol. The highest BCUT2D eigenvalue weighted by Gasteiger charge is 1.93. The van der Waals surface area contributed by atoms with E-state index >= 15 is 0 Å². The van der Waals surface area contributed by atoms with Gasteiger partial charge in [-0.05, 0) is 12.5 Å². The second kappa shape index (κ2) is 7.81. The van der Waals surface area contributed by atoms with Crippen LogP contribution in [-0.4, -0.2) is 0 Å². The van der Waals surface area contributed by atoms with Gasteiger partial charge in [0.1, 0.15) is 0 Å². The third-order valence-corrected chi connectivity index (χ3v) is 1.83. The van der Waals surface area contributed by atoms with Crippen molar-refractivity contribution in [2.45, 2.75) is 39.7 Å². The highest BCUT2D eigenvalue weighted by atomic mass is 14.6. The van der Waals surface area contributed by atoms with Crippen molar-refractivity contribution in [3.63, 3.8) is 0 Å². The zero-order valence-electron chi connectivity index (χ0n) is 8.96. The van der Waals surface area contributed by atoms with Crippen LogP contribution in [0.15, 0.2) is 30.3 Å². The largest absolute Gasteiger partial charge is 0.324 e. The van der Waals surface area contributed by atoms with Crippen LogP contribution in [0.25, 0.3) is 0 Å². The van der Waals surface area contributed by atoms with Crippen LogP contribution in [0.3, 0.4) is 0 Å². The topological polar surface area (TPSA) is 26.0 Å². The van der Waals surface area contributed by atoms with Crippen molar-refractivity contribution >= 4 is 0 Å². The van der Waals surface area contributed by atoms with Gasteiger partial charge in [-0.1, -0.05) is 57.0 Å². The Morgan fingerprint density at radius 1 is 1.08 bits per heavy atom. The van der Waals surface area contributed by atoms with Crippen molar-refractivity contribution in [2.24, 2.45) is 5.73 Å². The third kappa shape index (κ3) is 6.35. The van der Waals surface area contributed by atoms with Crippen LogP contribution in [-0.2, 0) is 0 Å². The van der Waals surface area contributed by atoms with Crippen molar-refractivity contribution < 1.29 is 0 Å². The standard InChI is InChI=1S/C8H11N.C4H10/c1-7(9)8-5-3-2-4-6-8;1-3-4-2/h2-7H,9H2,1H3;3-4H2,1-2H3. The fourth-order valence-electron chi connectivity index (χ4n) is 0.757. The van der Waals surface area contributed by atoms with E-state index in [0.29, 0.717) is 0 Å². The summed E-state index contributed by atoms with van der Waals surface area (Å²) >= 11 is 0. The van der Waals surface area contributed by atoms with E-state index in [1.54, 1.807) is 0 Å². The van der Waals surface area contributed by atoms with Crippen molar-refractivity contribution in [3.05, 3.63) is 35.9 Å². The molecule has 0 spiro atoms. The lowest BCUT2D eigenvalue weighted by atomic mass is 10.1. The molecule has 74 valence electrons. The first-order valence-electron chi connectivity index (χ1n) is 5.02. The van der Waals surface area contributed by atoms with Crippen molar-refractivity contribution in [3.8, 4) is 0 Å². The summed E-state index contributed by atoms with van der Waals surface area (Å²) in [6, 6.07) is 10.2. The number of rotatable bonds is 2. The molecular weight excluding hydrogens is 158 g/mol. The second-order valence-corrected chi connectivity index (χ2v) is 3.20. The minimum Gasteiger partial charge on any atom is -0.324 e. The van der Waals surface area contributed by atoms with Crippen LogP contribution < -0.4 is 5.73 Å². The van der Waals surface area contributed by atoms with Crippen molar-refractivity contribution in [1.29, 1.82) is 0 Å². The predicted octanol–water partition coefficient (Wildman–Crippen LogP) is 3.51. The minimum atomic E-state index is 0.159. The van der Waals surface area contributed by atoms with Gasteiger partial charge in [-0.2, -0.15) is 0 Å². The molecule has 1 atom stereocenters. The molecule has 0 fully saturated rings. The number of hydrogen-bond donors (Lipinski definition) is 1. The van der Waals surface area contributed by atoms with Gasteiger partial charge in [0.15, 0.2) is 0 Å². The smallest absolute Gasteiger partial charge is 0.0266 e. The zero-order chi connectivity index (χ0) is 10.1. The summed E-state index contributed by atoms with van der Waals surface area (Å²) in [6.45, 7) is 6.34. The molecule has 0 aliphatic heterocycles. The molecule has 0 aliphatic carbocycles. The fraction of sp³-hybridized carbons (Fsp3) is 0.500. The van der Waals surface area contributed by atoms with Gasteiger partial charge in [-0.3, -0.25) is 0 Å². The van der Waals surface area contributed by atoms with Crippen LogP contribution in [0.1, 0.15) is 45.2 Å². The summed E-state index contributed by atoms with van der Waals surface area (Å²) in [5, 5.41) is 0. The highest BCUT2D eigenvalue weighted by Crippen LogP contribution is 2.06. The quantitative estimate of drug-likeness (QED) is 0.738. The first-order chi connectivity index (χ1) is 6.22. The maximum atomic E-state index is 5.61. The number of hydrogen-bond acceptors (Lipinski definition) is 1. The summed E-state index contributed by atoms with van der Waals surface area (Å²) in [4.78, 5) is 0. The summed E-state index contributed by atoms with van der Waals surface area (Å²) in [5.41, 5.74) is 6.81. The summed E-state index contributed by atoms with van der Waals surface area (Å²) in [6.07, 6.45) is 2.64. The van der Waals surface area contributed by atoms with E-state index in [4.69, 9.17) is 5.73 Å². The van der Waals surface area contributed by atoms with E-state index in [-0.39, 0.29) is 6.04 Å². The molecule has 0 aromatic heterocycles. The van der Waals surface area contributed by atoms with Crippen LogP contribution in [0.4, 0.5) is 0 Å². The van der Waals surface area contributed by atoms with Crippen LogP contribution in [0, 0.1) is 0 Å².